The first-order chi connectivity index (χ1) is 13.7. The number of nitrogens with zero attached hydrogens (tertiary/aromatic N) is 1. The quantitative estimate of drug-likeness (QED) is 0.482. The lowest BCUT2D eigenvalue weighted by molar-refractivity contribution is -0.122. The zero-order chi connectivity index (χ0) is 19.3. The van der Waals surface area contributed by atoms with E-state index in [1.54, 1.807) is 6.20 Å². The number of carbonyl (C=O) groups excluding carboxylic acids is 2. The van der Waals surface area contributed by atoms with Crippen molar-refractivity contribution in [2.45, 2.75) is 6.54 Å². The maximum absolute atomic E-state index is 12.8. The highest BCUT2D eigenvalue weighted by atomic mass is 16.2. The number of nitrogens with two attached hydrogens (primary N) is 1. The number of aromatic nitrogens is 2. The second-order valence-corrected chi connectivity index (χ2v) is 6.82. The van der Waals surface area contributed by atoms with Crippen LogP contribution in [0.2, 0.25) is 0 Å². The van der Waals surface area contributed by atoms with E-state index in [2.05, 4.69) is 10.3 Å². The van der Waals surface area contributed by atoms with E-state index in [9.17, 15) is 9.59 Å². The first-order valence-corrected chi connectivity index (χ1v) is 9.14. The predicted octanol–water partition coefficient (Wildman–Crippen LogP) is 2.65. The summed E-state index contributed by atoms with van der Waals surface area (Å²) in [7, 11) is 0. The highest BCUT2D eigenvalue weighted by Crippen LogP contribution is 2.38. The number of carbonyl (C=O) groups is 2. The summed E-state index contributed by atoms with van der Waals surface area (Å²) in [4.78, 5) is 28.7. The number of amides is 2. The molecule has 0 saturated carbocycles. The third-order valence-corrected chi connectivity index (χ3v) is 5.22. The summed E-state index contributed by atoms with van der Waals surface area (Å²) in [6.07, 6.45) is 3.71. The number of nitrogens with one attached hydrogen (secondary N) is 2. The van der Waals surface area contributed by atoms with Crippen molar-refractivity contribution in [2.75, 3.05) is 6.54 Å². The van der Waals surface area contributed by atoms with Gasteiger partial charge in [0.25, 0.3) is 11.8 Å². The van der Waals surface area contributed by atoms with Crippen molar-refractivity contribution in [1.29, 1.82) is 0 Å². The summed E-state index contributed by atoms with van der Waals surface area (Å²) in [6.45, 7) is 1.11. The van der Waals surface area contributed by atoms with Gasteiger partial charge in [-0.05, 0) is 12.1 Å². The highest BCUT2D eigenvalue weighted by Gasteiger charge is 2.34. The van der Waals surface area contributed by atoms with Gasteiger partial charge >= 0.3 is 0 Å². The maximum Gasteiger partial charge on any atom is 0.259 e. The fraction of sp³-hybridized carbons (Fsp3) is 0.0909. The molecular weight excluding hydrogens is 352 g/mol. The van der Waals surface area contributed by atoms with Gasteiger partial charge in [-0.3, -0.25) is 14.9 Å². The molecule has 1 aliphatic heterocycles. The number of hydrogen-bond donors (Lipinski definition) is 3. The summed E-state index contributed by atoms with van der Waals surface area (Å²) in [5.74, 6) is -0.749. The van der Waals surface area contributed by atoms with E-state index in [0.717, 1.165) is 32.9 Å². The largest absolute Gasteiger partial charge is 0.361 e. The normalized spacial score (nSPS) is 14.5. The van der Waals surface area contributed by atoms with Gasteiger partial charge in [-0.15, -0.1) is 0 Å². The van der Waals surface area contributed by atoms with Crippen molar-refractivity contribution >= 4 is 44.8 Å². The monoisotopic (exact) mass is 370 g/mol. The molecule has 0 saturated heterocycles. The average molecular weight is 370 g/mol. The van der Waals surface area contributed by atoms with E-state index in [-0.39, 0.29) is 11.8 Å². The molecule has 3 heterocycles. The highest BCUT2D eigenvalue weighted by molar-refractivity contribution is 6.50. The van der Waals surface area contributed by atoms with Crippen LogP contribution in [0.3, 0.4) is 0 Å². The fourth-order valence-electron chi connectivity index (χ4n) is 4.02. The number of fused-ring (bicyclic) bond motifs is 2. The van der Waals surface area contributed by atoms with Crippen LogP contribution < -0.4 is 11.1 Å². The van der Waals surface area contributed by atoms with E-state index >= 15 is 0 Å². The molecule has 5 rings (SSSR count). The molecule has 2 aromatic heterocycles. The topological polar surface area (TPSA) is 92.9 Å². The van der Waals surface area contributed by atoms with Crippen molar-refractivity contribution in [1.82, 2.24) is 14.9 Å². The Balaban J connectivity index is 1.83. The van der Waals surface area contributed by atoms with Crippen molar-refractivity contribution in [3.8, 4) is 0 Å². The minimum absolute atomic E-state index is 0.374. The molecule has 0 spiro atoms. The van der Waals surface area contributed by atoms with Crippen LogP contribution in [-0.4, -0.2) is 27.9 Å². The van der Waals surface area contributed by atoms with Gasteiger partial charge in [0.15, 0.2) is 0 Å². The fourth-order valence-corrected chi connectivity index (χ4v) is 4.02. The van der Waals surface area contributed by atoms with E-state index < -0.39 is 0 Å². The Labute approximate surface area is 160 Å². The molecule has 4 aromatic rings. The lowest BCUT2D eigenvalue weighted by Gasteiger charge is -2.03. The molecule has 2 amide bonds. The van der Waals surface area contributed by atoms with Crippen LogP contribution >= 0.6 is 0 Å². The molecule has 0 fully saturated rings. The molecule has 0 atom stereocenters. The van der Waals surface area contributed by atoms with Gasteiger partial charge in [-0.25, -0.2) is 0 Å². The summed E-state index contributed by atoms with van der Waals surface area (Å²) in [6, 6.07) is 15.6. The maximum atomic E-state index is 12.8. The SMILES string of the molecule is NCCn1cc(C2=C(c3c[nH]c4ccccc34)C(=O)NC2=O)c2ccccc21. The Hall–Kier alpha value is -3.64. The van der Waals surface area contributed by atoms with Crippen LogP contribution in [0.5, 0.6) is 0 Å². The lowest BCUT2D eigenvalue weighted by atomic mass is 9.95. The Morgan fingerprint density at radius 2 is 1.54 bits per heavy atom. The van der Waals surface area contributed by atoms with Crippen molar-refractivity contribution in [3.63, 3.8) is 0 Å². The number of benzene rings is 2. The molecule has 0 radical (unpaired) electrons. The van der Waals surface area contributed by atoms with Crippen LogP contribution in [0.1, 0.15) is 11.1 Å². The summed E-state index contributed by atoms with van der Waals surface area (Å²) >= 11 is 0. The van der Waals surface area contributed by atoms with E-state index in [4.69, 9.17) is 5.73 Å². The third-order valence-electron chi connectivity index (χ3n) is 5.22. The Kier molecular flexibility index (Phi) is 3.67. The van der Waals surface area contributed by atoms with E-state index in [0.29, 0.717) is 24.2 Å². The lowest BCUT2D eigenvalue weighted by Crippen LogP contribution is -2.22. The second kappa shape index (κ2) is 6.21. The first-order valence-electron chi connectivity index (χ1n) is 9.14. The molecule has 0 bridgehead atoms. The standard InChI is InChI=1S/C22H18N4O2/c23-9-10-26-12-16(14-6-2-4-8-18(14)26)20-19(21(27)25-22(20)28)15-11-24-17-7-3-1-5-13(15)17/h1-8,11-12,24H,9-10,23H2,(H,25,27,28). The molecule has 0 unspecified atom stereocenters. The smallest absolute Gasteiger partial charge is 0.259 e. The zero-order valence-corrected chi connectivity index (χ0v) is 15.0. The number of para-hydroxylation sites is 2. The average Bonchev–Trinajstić information content (AvgIpc) is 3.36. The van der Waals surface area contributed by atoms with E-state index in [1.165, 1.54) is 0 Å². The van der Waals surface area contributed by atoms with Crippen LogP contribution in [0.15, 0.2) is 60.9 Å². The minimum atomic E-state index is -0.375. The van der Waals surface area contributed by atoms with Gasteiger partial charge in [0.2, 0.25) is 0 Å². The number of rotatable bonds is 4. The minimum Gasteiger partial charge on any atom is -0.361 e. The molecule has 4 N–H and O–H groups in total. The van der Waals surface area contributed by atoms with Crippen LogP contribution in [0.25, 0.3) is 33.0 Å². The second-order valence-electron chi connectivity index (χ2n) is 6.82. The molecular formula is C22H18N4O2. The molecule has 6 nitrogen and oxygen atoms in total. The van der Waals surface area contributed by atoms with Crippen molar-refractivity contribution < 1.29 is 9.59 Å². The van der Waals surface area contributed by atoms with Gasteiger partial charge in [-0.2, -0.15) is 0 Å². The third kappa shape index (κ3) is 2.32. The predicted molar refractivity (Wildman–Crippen MR) is 109 cm³/mol. The number of aromatic amines is 1. The van der Waals surface area contributed by atoms with Crippen molar-refractivity contribution in [3.05, 3.63) is 72.1 Å². The molecule has 138 valence electrons. The number of imide groups is 1. The molecule has 2 aromatic carbocycles. The van der Waals surface area contributed by atoms with E-state index in [1.807, 2.05) is 59.3 Å². The molecule has 0 aliphatic carbocycles. The van der Waals surface area contributed by atoms with Crippen molar-refractivity contribution in [2.24, 2.45) is 5.73 Å². The summed E-state index contributed by atoms with van der Waals surface area (Å²) in [5, 5.41) is 4.31. The Morgan fingerprint density at radius 3 is 2.32 bits per heavy atom. The first kappa shape index (κ1) is 16.5. The number of hydrogen-bond acceptors (Lipinski definition) is 3. The summed E-state index contributed by atoms with van der Waals surface area (Å²) in [5.41, 5.74) is 9.94. The molecule has 6 heteroatoms. The molecule has 1 aliphatic rings. The van der Waals surface area contributed by atoms with Gasteiger partial charge in [0.1, 0.15) is 0 Å². The van der Waals surface area contributed by atoms with Crippen LogP contribution in [0.4, 0.5) is 0 Å². The van der Waals surface area contributed by atoms with Gasteiger partial charge in [0.05, 0.1) is 11.1 Å². The van der Waals surface area contributed by atoms with Gasteiger partial charge < -0.3 is 15.3 Å². The number of H-pyrrole nitrogens is 1. The van der Waals surface area contributed by atoms with Crippen LogP contribution in [-0.2, 0) is 16.1 Å². The van der Waals surface area contributed by atoms with Crippen LogP contribution in [0, 0.1) is 0 Å². The Bertz CT molecular complexity index is 1290. The Morgan fingerprint density at radius 1 is 0.857 bits per heavy atom. The van der Waals surface area contributed by atoms with Gasteiger partial charge in [-0.1, -0.05) is 36.4 Å². The molecule has 28 heavy (non-hydrogen) atoms. The summed E-state index contributed by atoms with van der Waals surface area (Å²) < 4.78 is 2.03. The zero-order valence-electron chi connectivity index (χ0n) is 15.0. The van der Waals surface area contributed by atoms with Gasteiger partial charge in [0, 0.05) is 58.4 Å².